The van der Waals surface area contributed by atoms with E-state index in [1.807, 2.05) is 24.3 Å². The molecular weight excluding hydrogens is 514 g/mol. The van der Waals surface area contributed by atoms with E-state index in [0.717, 1.165) is 0 Å². The minimum absolute atomic E-state index is 0.0387. The SMILES string of the molecule is Cc1ccc(NC(=O)COC(=O)[C@H]2CC(=O)N(c3ccc(Oc4ccc(C(C)(C)C)cc4)cc3)C2)cc1[N+](=O)[O-]. The molecule has 3 aromatic carbocycles. The van der Waals surface area contributed by atoms with Gasteiger partial charge >= 0.3 is 5.97 Å². The van der Waals surface area contributed by atoms with Gasteiger partial charge in [0.2, 0.25) is 5.91 Å². The molecule has 0 aliphatic carbocycles. The number of nitrogens with one attached hydrogen (secondary N) is 1. The van der Waals surface area contributed by atoms with E-state index in [2.05, 4.69) is 26.1 Å². The standard InChI is InChI=1S/C30H31N3O7/c1-19-5-8-22(16-26(19)33(37)38)31-27(34)18-39-29(36)20-15-28(35)32(17-20)23-9-13-25(14-10-23)40-24-11-6-21(7-12-24)30(2,3)4/h5-14,16,20H,15,17-18H2,1-4H3,(H,31,34)/t20-/m0/s1. The van der Waals surface area contributed by atoms with Crippen LogP contribution in [0, 0.1) is 23.0 Å². The number of hydrogen-bond donors (Lipinski definition) is 1. The third kappa shape index (κ3) is 6.82. The number of hydrogen-bond acceptors (Lipinski definition) is 7. The van der Waals surface area contributed by atoms with Gasteiger partial charge in [-0.2, -0.15) is 0 Å². The van der Waals surface area contributed by atoms with E-state index < -0.39 is 29.3 Å². The van der Waals surface area contributed by atoms with Gasteiger partial charge in [-0.1, -0.05) is 39.0 Å². The Kier molecular flexibility index (Phi) is 8.18. The average Bonchev–Trinajstić information content (AvgIpc) is 3.30. The number of carbonyl (C=O) groups excluding carboxylic acids is 3. The van der Waals surface area contributed by atoms with E-state index in [1.54, 1.807) is 31.2 Å². The summed E-state index contributed by atoms with van der Waals surface area (Å²) in [5, 5.41) is 13.6. The van der Waals surface area contributed by atoms with Crippen LogP contribution in [0.25, 0.3) is 0 Å². The first-order valence-electron chi connectivity index (χ1n) is 12.8. The number of carbonyl (C=O) groups is 3. The van der Waals surface area contributed by atoms with Crippen molar-refractivity contribution < 1.29 is 28.8 Å². The van der Waals surface area contributed by atoms with Crippen LogP contribution in [0.3, 0.4) is 0 Å². The van der Waals surface area contributed by atoms with Crippen molar-refractivity contribution in [3.63, 3.8) is 0 Å². The van der Waals surface area contributed by atoms with Crippen molar-refractivity contribution in [2.45, 2.75) is 39.5 Å². The van der Waals surface area contributed by atoms with Crippen LogP contribution in [-0.4, -0.2) is 35.9 Å². The molecule has 0 unspecified atom stereocenters. The number of anilines is 2. The highest BCUT2D eigenvalue weighted by molar-refractivity contribution is 6.00. The molecule has 0 spiro atoms. The minimum Gasteiger partial charge on any atom is -0.457 e. The molecule has 0 saturated carbocycles. The fourth-order valence-corrected chi connectivity index (χ4v) is 4.30. The Bertz CT molecular complexity index is 1430. The fourth-order valence-electron chi connectivity index (χ4n) is 4.30. The first-order valence-corrected chi connectivity index (χ1v) is 12.8. The van der Waals surface area contributed by atoms with Crippen LogP contribution in [-0.2, 0) is 24.5 Å². The zero-order valence-electron chi connectivity index (χ0n) is 22.8. The van der Waals surface area contributed by atoms with Crippen molar-refractivity contribution in [3.8, 4) is 11.5 Å². The van der Waals surface area contributed by atoms with E-state index in [9.17, 15) is 24.5 Å². The summed E-state index contributed by atoms with van der Waals surface area (Å²) in [6, 6.07) is 19.2. The van der Waals surface area contributed by atoms with Crippen LogP contribution >= 0.6 is 0 Å². The molecule has 1 atom stereocenters. The number of nitro groups is 1. The Labute approximate surface area is 232 Å². The zero-order chi connectivity index (χ0) is 29.0. The number of nitro benzene ring substituents is 1. The van der Waals surface area contributed by atoms with E-state index in [-0.39, 0.29) is 35.7 Å². The maximum absolute atomic E-state index is 12.6. The average molecular weight is 546 g/mol. The highest BCUT2D eigenvalue weighted by atomic mass is 16.6. The van der Waals surface area contributed by atoms with Crippen molar-refractivity contribution in [3.05, 3.63) is 88.0 Å². The van der Waals surface area contributed by atoms with Crippen molar-refractivity contribution in [2.75, 3.05) is 23.4 Å². The molecule has 0 bridgehead atoms. The van der Waals surface area contributed by atoms with Crippen molar-refractivity contribution in [2.24, 2.45) is 5.92 Å². The predicted molar refractivity (Wildman–Crippen MR) is 150 cm³/mol. The lowest BCUT2D eigenvalue weighted by Gasteiger charge is -2.19. The Hall–Kier alpha value is -4.73. The zero-order valence-corrected chi connectivity index (χ0v) is 22.8. The quantitative estimate of drug-likeness (QED) is 0.224. The van der Waals surface area contributed by atoms with Gasteiger partial charge in [-0.3, -0.25) is 24.5 Å². The predicted octanol–water partition coefficient (Wildman–Crippen LogP) is 5.53. The Balaban J connectivity index is 1.29. The minimum atomic E-state index is -0.724. The second-order valence-electron chi connectivity index (χ2n) is 10.7. The van der Waals surface area contributed by atoms with E-state index in [4.69, 9.17) is 9.47 Å². The van der Waals surface area contributed by atoms with Gasteiger partial charge in [-0.05, 0) is 60.4 Å². The van der Waals surface area contributed by atoms with Crippen LogP contribution in [0.1, 0.15) is 38.3 Å². The first-order chi connectivity index (χ1) is 18.9. The smallest absolute Gasteiger partial charge is 0.311 e. The number of esters is 1. The third-order valence-corrected chi connectivity index (χ3v) is 6.60. The lowest BCUT2D eigenvalue weighted by Crippen LogP contribution is -2.28. The van der Waals surface area contributed by atoms with Crippen molar-refractivity contribution in [1.82, 2.24) is 0 Å². The van der Waals surface area contributed by atoms with E-state index in [1.165, 1.54) is 28.7 Å². The summed E-state index contributed by atoms with van der Waals surface area (Å²) >= 11 is 0. The number of ether oxygens (including phenoxy) is 2. The van der Waals surface area contributed by atoms with Gasteiger partial charge in [-0.15, -0.1) is 0 Å². The largest absolute Gasteiger partial charge is 0.457 e. The summed E-state index contributed by atoms with van der Waals surface area (Å²) in [6.45, 7) is 7.57. The van der Waals surface area contributed by atoms with Crippen molar-refractivity contribution >= 4 is 34.8 Å². The molecule has 1 aliphatic heterocycles. The van der Waals surface area contributed by atoms with Gasteiger partial charge < -0.3 is 19.7 Å². The molecule has 1 aliphatic rings. The molecule has 40 heavy (non-hydrogen) atoms. The maximum Gasteiger partial charge on any atom is 0.311 e. The van der Waals surface area contributed by atoms with Crippen LogP contribution in [0.5, 0.6) is 11.5 Å². The van der Waals surface area contributed by atoms with Gasteiger partial charge in [0.1, 0.15) is 11.5 Å². The topological polar surface area (TPSA) is 128 Å². The number of nitrogens with zero attached hydrogens (tertiary/aromatic N) is 2. The normalized spacial score (nSPS) is 15.1. The van der Waals surface area contributed by atoms with E-state index >= 15 is 0 Å². The molecule has 4 rings (SSSR count). The molecule has 1 N–H and O–H groups in total. The Morgan fingerprint density at radius 2 is 1.65 bits per heavy atom. The van der Waals surface area contributed by atoms with Crippen molar-refractivity contribution in [1.29, 1.82) is 0 Å². The molecule has 10 heteroatoms. The number of aryl methyl sites for hydroxylation is 1. The van der Waals surface area contributed by atoms with Crippen LogP contribution in [0.4, 0.5) is 17.1 Å². The molecule has 1 saturated heterocycles. The maximum atomic E-state index is 12.6. The highest BCUT2D eigenvalue weighted by Crippen LogP contribution is 2.30. The van der Waals surface area contributed by atoms with Gasteiger partial charge in [0, 0.05) is 36.0 Å². The second-order valence-corrected chi connectivity index (χ2v) is 10.7. The third-order valence-electron chi connectivity index (χ3n) is 6.60. The first kappa shape index (κ1) is 28.3. The Morgan fingerprint density at radius 1 is 1.02 bits per heavy atom. The number of benzene rings is 3. The van der Waals surface area contributed by atoms with Crippen LogP contribution < -0.4 is 15.0 Å². The molecule has 1 fully saturated rings. The molecular formula is C30H31N3O7. The van der Waals surface area contributed by atoms with Gasteiger partial charge in [0.05, 0.1) is 10.8 Å². The fraction of sp³-hybridized carbons (Fsp3) is 0.300. The molecule has 1 heterocycles. The highest BCUT2D eigenvalue weighted by Gasteiger charge is 2.36. The molecule has 208 valence electrons. The molecule has 2 amide bonds. The number of amides is 2. The van der Waals surface area contributed by atoms with Gasteiger partial charge in [0.15, 0.2) is 6.61 Å². The summed E-state index contributed by atoms with van der Waals surface area (Å²) in [5.41, 5.74) is 2.41. The summed E-state index contributed by atoms with van der Waals surface area (Å²) < 4.78 is 11.0. The molecule has 0 aromatic heterocycles. The summed E-state index contributed by atoms with van der Waals surface area (Å²) in [7, 11) is 0. The second kappa shape index (κ2) is 11.6. The van der Waals surface area contributed by atoms with E-state index in [0.29, 0.717) is 22.7 Å². The Morgan fingerprint density at radius 3 is 2.25 bits per heavy atom. The lowest BCUT2D eigenvalue weighted by molar-refractivity contribution is -0.385. The summed E-state index contributed by atoms with van der Waals surface area (Å²) in [5.74, 6) is -0.955. The molecule has 3 aromatic rings. The molecule has 0 radical (unpaired) electrons. The summed E-state index contributed by atoms with van der Waals surface area (Å²) in [4.78, 5) is 49.5. The lowest BCUT2D eigenvalue weighted by atomic mass is 9.87. The van der Waals surface area contributed by atoms with Gasteiger partial charge in [0.25, 0.3) is 11.6 Å². The van der Waals surface area contributed by atoms with Crippen LogP contribution in [0.2, 0.25) is 0 Å². The monoisotopic (exact) mass is 545 g/mol. The van der Waals surface area contributed by atoms with Gasteiger partial charge in [-0.25, -0.2) is 0 Å². The van der Waals surface area contributed by atoms with Crippen LogP contribution in [0.15, 0.2) is 66.7 Å². The number of rotatable bonds is 8. The molecule has 10 nitrogen and oxygen atoms in total. The summed E-state index contributed by atoms with van der Waals surface area (Å²) in [6.07, 6.45) is -0.0387.